The van der Waals surface area contributed by atoms with Gasteiger partial charge >= 0.3 is 0 Å². The average molecular weight is 322 g/mol. The second-order valence-corrected chi connectivity index (χ2v) is 4.31. The number of non-ortho nitro benzene ring substituents is 1. The van der Waals surface area contributed by atoms with E-state index in [0.29, 0.717) is 6.54 Å². The van der Waals surface area contributed by atoms with Crippen LogP contribution in [0.3, 0.4) is 0 Å². The molecule has 0 bridgehead atoms. The molecule has 5 nitrogen and oxygen atoms in total. The maximum absolute atomic E-state index is 10.5. The van der Waals surface area contributed by atoms with E-state index in [4.69, 9.17) is 5.11 Å². The summed E-state index contributed by atoms with van der Waals surface area (Å²) in [6.45, 7) is 2.10. The van der Waals surface area contributed by atoms with Gasteiger partial charge in [0.1, 0.15) is 0 Å². The van der Waals surface area contributed by atoms with Crippen molar-refractivity contribution >= 4 is 34.0 Å². The minimum atomic E-state index is -0.448. The Morgan fingerprint density at radius 1 is 1.67 bits per heavy atom. The Morgan fingerprint density at radius 2 is 2.33 bits per heavy atom. The highest BCUT2D eigenvalue weighted by molar-refractivity contribution is 14.1. The van der Waals surface area contributed by atoms with E-state index < -0.39 is 11.0 Å². The van der Waals surface area contributed by atoms with Gasteiger partial charge in [0, 0.05) is 27.9 Å². The SMILES string of the molecule is CC(O)CNc1ccc([N+](=O)[O-])cc1I. The molecule has 0 aliphatic heterocycles. The lowest BCUT2D eigenvalue weighted by atomic mass is 10.3. The number of nitrogens with one attached hydrogen (secondary N) is 1. The zero-order valence-electron chi connectivity index (χ0n) is 8.11. The first kappa shape index (κ1) is 12.2. The summed E-state index contributed by atoms with van der Waals surface area (Å²) in [5.74, 6) is 0. The van der Waals surface area contributed by atoms with Crippen LogP contribution in [-0.4, -0.2) is 22.7 Å². The second kappa shape index (κ2) is 5.26. The highest BCUT2D eigenvalue weighted by atomic mass is 127. The maximum atomic E-state index is 10.5. The van der Waals surface area contributed by atoms with Gasteiger partial charge in [-0.1, -0.05) is 0 Å². The van der Waals surface area contributed by atoms with Crippen LogP contribution in [0.4, 0.5) is 11.4 Å². The van der Waals surface area contributed by atoms with Crippen LogP contribution >= 0.6 is 22.6 Å². The summed E-state index contributed by atoms with van der Waals surface area (Å²) < 4.78 is 0.766. The average Bonchev–Trinajstić information content (AvgIpc) is 2.15. The Kier molecular flexibility index (Phi) is 4.28. The molecule has 1 rings (SSSR count). The molecule has 15 heavy (non-hydrogen) atoms. The lowest BCUT2D eigenvalue weighted by Gasteiger charge is -2.09. The zero-order chi connectivity index (χ0) is 11.4. The monoisotopic (exact) mass is 322 g/mol. The zero-order valence-corrected chi connectivity index (χ0v) is 10.3. The van der Waals surface area contributed by atoms with Gasteiger partial charge in [0.05, 0.1) is 11.0 Å². The maximum Gasteiger partial charge on any atom is 0.270 e. The Bertz CT molecular complexity index is 368. The van der Waals surface area contributed by atoms with Gasteiger partial charge in [-0.2, -0.15) is 0 Å². The van der Waals surface area contributed by atoms with E-state index in [0.717, 1.165) is 9.26 Å². The molecule has 0 fully saturated rings. The highest BCUT2D eigenvalue weighted by Gasteiger charge is 2.08. The molecular weight excluding hydrogens is 311 g/mol. The van der Waals surface area contributed by atoms with Gasteiger partial charge in [-0.05, 0) is 35.6 Å². The molecule has 0 saturated carbocycles. The number of hydrogen-bond donors (Lipinski definition) is 2. The fraction of sp³-hybridized carbons (Fsp3) is 0.333. The lowest BCUT2D eigenvalue weighted by molar-refractivity contribution is -0.384. The minimum Gasteiger partial charge on any atom is -0.392 e. The summed E-state index contributed by atoms with van der Waals surface area (Å²) in [4.78, 5) is 10.0. The number of nitrogens with zero attached hydrogens (tertiary/aromatic N) is 1. The Morgan fingerprint density at radius 3 is 2.80 bits per heavy atom. The Hall–Kier alpha value is -0.890. The molecule has 0 heterocycles. The van der Waals surface area contributed by atoms with E-state index in [-0.39, 0.29) is 5.69 Å². The highest BCUT2D eigenvalue weighted by Crippen LogP contribution is 2.23. The molecule has 1 atom stereocenters. The van der Waals surface area contributed by atoms with Crippen LogP contribution in [0, 0.1) is 13.7 Å². The predicted molar refractivity (Wildman–Crippen MR) is 66.0 cm³/mol. The number of nitro groups is 1. The van der Waals surface area contributed by atoms with Gasteiger partial charge < -0.3 is 10.4 Å². The van der Waals surface area contributed by atoms with Crippen molar-refractivity contribution in [3.63, 3.8) is 0 Å². The van der Waals surface area contributed by atoms with E-state index in [1.807, 2.05) is 22.6 Å². The summed E-state index contributed by atoms with van der Waals surface area (Å²) >= 11 is 2.02. The number of aliphatic hydroxyl groups is 1. The Balaban J connectivity index is 2.79. The first-order valence-corrected chi connectivity index (χ1v) is 5.44. The van der Waals surface area contributed by atoms with Crippen molar-refractivity contribution in [3.8, 4) is 0 Å². The number of benzene rings is 1. The molecule has 6 heteroatoms. The van der Waals surface area contributed by atoms with Crippen molar-refractivity contribution in [2.75, 3.05) is 11.9 Å². The van der Waals surface area contributed by atoms with Crippen LogP contribution in [0.15, 0.2) is 18.2 Å². The van der Waals surface area contributed by atoms with E-state index in [9.17, 15) is 10.1 Å². The fourth-order valence-electron chi connectivity index (χ4n) is 1.02. The third-order valence-electron chi connectivity index (χ3n) is 1.75. The van der Waals surface area contributed by atoms with Crippen molar-refractivity contribution in [1.29, 1.82) is 0 Å². The van der Waals surface area contributed by atoms with Gasteiger partial charge in [-0.3, -0.25) is 10.1 Å². The fourth-order valence-corrected chi connectivity index (χ4v) is 1.71. The van der Waals surface area contributed by atoms with Crippen LogP contribution in [0.25, 0.3) is 0 Å². The molecule has 0 aliphatic rings. The van der Waals surface area contributed by atoms with Gasteiger partial charge in [0.25, 0.3) is 5.69 Å². The molecule has 2 N–H and O–H groups in total. The summed E-state index contributed by atoms with van der Waals surface area (Å²) in [6, 6.07) is 4.57. The molecule has 1 aromatic rings. The van der Waals surface area contributed by atoms with Gasteiger partial charge in [0.15, 0.2) is 0 Å². The number of anilines is 1. The van der Waals surface area contributed by atoms with Crippen molar-refractivity contribution in [2.24, 2.45) is 0 Å². The predicted octanol–water partition coefficient (Wildman–Crippen LogP) is 1.99. The molecule has 0 radical (unpaired) electrons. The normalized spacial score (nSPS) is 12.2. The molecule has 82 valence electrons. The molecule has 0 aliphatic carbocycles. The van der Waals surface area contributed by atoms with E-state index in [1.165, 1.54) is 12.1 Å². The molecule has 0 saturated heterocycles. The number of rotatable bonds is 4. The molecule has 0 aromatic heterocycles. The molecule has 0 amide bonds. The number of aliphatic hydroxyl groups excluding tert-OH is 1. The summed E-state index contributed by atoms with van der Waals surface area (Å²) in [6.07, 6.45) is -0.448. The quantitative estimate of drug-likeness (QED) is 0.505. The first-order valence-electron chi connectivity index (χ1n) is 4.36. The lowest BCUT2D eigenvalue weighted by Crippen LogP contribution is -2.15. The molecule has 0 spiro atoms. The third-order valence-corrected chi connectivity index (χ3v) is 2.64. The van der Waals surface area contributed by atoms with Gasteiger partial charge in [0.2, 0.25) is 0 Å². The van der Waals surface area contributed by atoms with Crippen LogP contribution in [-0.2, 0) is 0 Å². The minimum absolute atomic E-state index is 0.0713. The van der Waals surface area contributed by atoms with Crippen molar-refractivity contribution in [3.05, 3.63) is 31.9 Å². The standard InChI is InChI=1S/C9H11IN2O3/c1-6(13)5-11-9-3-2-7(12(14)15)4-8(9)10/h2-4,6,11,13H,5H2,1H3. The summed E-state index contributed by atoms with van der Waals surface area (Å²) in [5, 5.41) is 22.5. The molecular formula is C9H11IN2O3. The first-order chi connectivity index (χ1) is 7.00. The van der Waals surface area contributed by atoms with Gasteiger partial charge in [-0.15, -0.1) is 0 Å². The van der Waals surface area contributed by atoms with Crippen LogP contribution < -0.4 is 5.32 Å². The summed E-state index contributed by atoms with van der Waals surface area (Å²) in [7, 11) is 0. The van der Waals surface area contributed by atoms with Crippen molar-refractivity contribution in [2.45, 2.75) is 13.0 Å². The van der Waals surface area contributed by atoms with E-state index in [2.05, 4.69) is 5.32 Å². The van der Waals surface area contributed by atoms with Crippen LogP contribution in [0.5, 0.6) is 0 Å². The molecule has 1 unspecified atom stereocenters. The third kappa shape index (κ3) is 3.63. The summed E-state index contributed by atoms with van der Waals surface area (Å²) in [5.41, 5.74) is 0.865. The van der Waals surface area contributed by atoms with E-state index in [1.54, 1.807) is 13.0 Å². The largest absolute Gasteiger partial charge is 0.392 e. The number of hydrogen-bond acceptors (Lipinski definition) is 4. The second-order valence-electron chi connectivity index (χ2n) is 3.15. The van der Waals surface area contributed by atoms with E-state index >= 15 is 0 Å². The number of halogens is 1. The van der Waals surface area contributed by atoms with Crippen LogP contribution in [0.1, 0.15) is 6.92 Å². The van der Waals surface area contributed by atoms with Crippen molar-refractivity contribution in [1.82, 2.24) is 0 Å². The van der Waals surface area contributed by atoms with Crippen LogP contribution in [0.2, 0.25) is 0 Å². The van der Waals surface area contributed by atoms with Gasteiger partial charge in [-0.25, -0.2) is 0 Å². The molecule has 1 aromatic carbocycles. The number of nitro benzene ring substituents is 1. The smallest absolute Gasteiger partial charge is 0.270 e. The van der Waals surface area contributed by atoms with Crippen molar-refractivity contribution < 1.29 is 10.0 Å². The topological polar surface area (TPSA) is 75.4 Å². The Labute approximate surface area is 101 Å².